The van der Waals surface area contributed by atoms with E-state index in [1.165, 1.54) is 0 Å². The van der Waals surface area contributed by atoms with Gasteiger partial charge < -0.3 is 15.8 Å². The second kappa shape index (κ2) is 9.17. The van der Waals surface area contributed by atoms with Gasteiger partial charge in [-0.1, -0.05) is 35.3 Å². The molecule has 7 nitrogen and oxygen atoms in total. The van der Waals surface area contributed by atoms with E-state index < -0.39 is 13.0 Å². The van der Waals surface area contributed by atoms with E-state index in [2.05, 4.69) is 25.2 Å². The van der Waals surface area contributed by atoms with Crippen molar-refractivity contribution in [3.63, 3.8) is 0 Å². The molecule has 2 aromatic rings. The third-order valence-corrected chi connectivity index (χ3v) is 3.76. The lowest BCUT2D eigenvalue weighted by Gasteiger charge is -2.10. The van der Waals surface area contributed by atoms with Gasteiger partial charge in [-0.3, -0.25) is 4.74 Å². The maximum atomic E-state index is 11.8. The van der Waals surface area contributed by atoms with Crippen LogP contribution in [0.15, 0.2) is 18.2 Å². The predicted octanol–water partition coefficient (Wildman–Crippen LogP) is 3.39. The summed E-state index contributed by atoms with van der Waals surface area (Å²) in [4.78, 5) is 4.05. The molecule has 0 saturated carbocycles. The number of halogens is 5. The van der Waals surface area contributed by atoms with Crippen LogP contribution in [0.3, 0.4) is 0 Å². The van der Waals surface area contributed by atoms with Crippen molar-refractivity contribution in [2.24, 2.45) is 0 Å². The quantitative estimate of drug-likeness (QED) is 0.642. The highest BCUT2D eigenvalue weighted by Gasteiger charge is 2.28. The van der Waals surface area contributed by atoms with Crippen molar-refractivity contribution >= 4 is 35.0 Å². The first-order valence-electron chi connectivity index (χ1n) is 7.25. The molecule has 0 unspecified atom stereocenters. The molecule has 0 radical (unpaired) electrons. The third-order valence-electron chi connectivity index (χ3n) is 2.94. The Morgan fingerprint density at radius 2 is 1.88 bits per heavy atom. The van der Waals surface area contributed by atoms with E-state index in [4.69, 9.17) is 33.7 Å². The number of hydrogen-bond donors (Lipinski definition) is 2. The summed E-state index contributed by atoms with van der Waals surface area (Å²) in [7, 11) is 0. The van der Waals surface area contributed by atoms with E-state index >= 15 is 0 Å². The lowest BCUT2D eigenvalue weighted by molar-refractivity contribution is -0.327. The molecule has 2 rings (SSSR count). The van der Waals surface area contributed by atoms with Crippen LogP contribution in [0, 0.1) is 0 Å². The summed E-state index contributed by atoms with van der Waals surface area (Å²) >= 11 is 12.1. The van der Waals surface area contributed by atoms with Crippen LogP contribution in [0.4, 0.5) is 24.9 Å². The van der Waals surface area contributed by atoms with Gasteiger partial charge >= 0.3 is 6.36 Å². The molecule has 1 aromatic heterocycles. The molecule has 12 heteroatoms. The summed E-state index contributed by atoms with van der Waals surface area (Å²) < 4.78 is 43.8. The molecular formula is C14H14Cl2F3N5O2. The molecule has 0 fully saturated rings. The topological polar surface area (TPSA) is 95.2 Å². The Kier molecular flexibility index (Phi) is 7.21. The summed E-state index contributed by atoms with van der Waals surface area (Å²) in [5.74, 6) is 0.228. The van der Waals surface area contributed by atoms with Crippen LogP contribution in [0.2, 0.25) is 10.0 Å². The maximum absolute atomic E-state index is 11.8. The lowest BCUT2D eigenvalue weighted by Crippen LogP contribution is -2.19. The van der Waals surface area contributed by atoms with Gasteiger partial charge in [0.05, 0.1) is 29.9 Å². The van der Waals surface area contributed by atoms with Crippen molar-refractivity contribution in [3.05, 3.63) is 28.2 Å². The SMILES string of the molecule is Nc1nc(NCCOCCOC(F)(F)F)nnc1-c1cccc(Cl)c1Cl. The van der Waals surface area contributed by atoms with E-state index in [0.717, 1.165) is 0 Å². The van der Waals surface area contributed by atoms with Gasteiger partial charge in [-0.15, -0.1) is 23.4 Å². The number of nitrogens with zero attached hydrogens (tertiary/aromatic N) is 3. The fraction of sp³-hybridized carbons (Fsp3) is 0.357. The first kappa shape index (κ1) is 20.4. The minimum atomic E-state index is -4.66. The van der Waals surface area contributed by atoms with Crippen LogP contribution in [0.1, 0.15) is 0 Å². The number of rotatable bonds is 8. The van der Waals surface area contributed by atoms with Gasteiger partial charge in [-0.05, 0) is 6.07 Å². The summed E-state index contributed by atoms with van der Waals surface area (Å²) in [6.45, 7) is -0.422. The average Bonchev–Trinajstić information content (AvgIpc) is 2.56. The molecule has 0 atom stereocenters. The smallest absolute Gasteiger partial charge is 0.382 e. The molecule has 3 N–H and O–H groups in total. The van der Waals surface area contributed by atoms with Crippen LogP contribution < -0.4 is 11.1 Å². The zero-order valence-corrected chi connectivity index (χ0v) is 14.7. The minimum absolute atomic E-state index is 0.0890. The zero-order chi connectivity index (χ0) is 19.2. The predicted molar refractivity (Wildman–Crippen MR) is 91.0 cm³/mol. The molecule has 1 aromatic carbocycles. The van der Waals surface area contributed by atoms with Crippen molar-refractivity contribution in [3.8, 4) is 11.3 Å². The number of anilines is 2. The van der Waals surface area contributed by atoms with E-state index in [1.54, 1.807) is 18.2 Å². The van der Waals surface area contributed by atoms with Crippen LogP contribution in [-0.2, 0) is 9.47 Å². The molecule has 0 bridgehead atoms. The highest BCUT2D eigenvalue weighted by Crippen LogP contribution is 2.34. The molecule has 0 saturated heterocycles. The highest BCUT2D eigenvalue weighted by atomic mass is 35.5. The third kappa shape index (κ3) is 6.13. The van der Waals surface area contributed by atoms with Gasteiger partial charge in [0.15, 0.2) is 5.82 Å². The Morgan fingerprint density at radius 3 is 2.58 bits per heavy atom. The first-order chi connectivity index (χ1) is 12.3. The summed E-state index contributed by atoms with van der Waals surface area (Å²) in [5.41, 5.74) is 6.65. The van der Waals surface area contributed by atoms with E-state index in [9.17, 15) is 13.2 Å². The van der Waals surface area contributed by atoms with Gasteiger partial charge in [-0.2, -0.15) is 4.98 Å². The zero-order valence-electron chi connectivity index (χ0n) is 13.2. The molecule has 0 amide bonds. The van der Waals surface area contributed by atoms with Gasteiger partial charge in [0, 0.05) is 12.1 Å². The molecule has 26 heavy (non-hydrogen) atoms. The molecule has 142 valence electrons. The highest BCUT2D eigenvalue weighted by molar-refractivity contribution is 6.43. The van der Waals surface area contributed by atoms with Crippen LogP contribution in [0.5, 0.6) is 0 Å². The Morgan fingerprint density at radius 1 is 1.12 bits per heavy atom. The molecule has 0 aliphatic carbocycles. The van der Waals surface area contributed by atoms with Crippen molar-refractivity contribution < 1.29 is 22.6 Å². The van der Waals surface area contributed by atoms with Crippen molar-refractivity contribution in [1.82, 2.24) is 15.2 Å². The van der Waals surface area contributed by atoms with E-state index in [1.807, 2.05) is 0 Å². The van der Waals surface area contributed by atoms with Gasteiger partial charge in [0.2, 0.25) is 5.95 Å². The van der Waals surface area contributed by atoms with Crippen molar-refractivity contribution in [1.29, 1.82) is 0 Å². The lowest BCUT2D eigenvalue weighted by atomic mass is 10.1. The molecular weight excluding hydrogens is 398 g/mol. The Bertz CT molecular complexity index is 749. The Balaban J connectivity index is 1.83. The molecule has 0 aliphatic rings. The number of benzene rings is 1. The number of ether oxygens (including phenoxy) is 2. The standard InChI is InChI=1S/C14H14Cl2F3N5O2/c15-9-3-1-2-8(10(9)16)11-12(20)22-13(24-23-11)21-4-5-25-6-7-26-14(17,18)19/h1-3H,4-7H2,(H3,20,21,22,24). The second-order valence-electron chi connectivity index (χ2n) is 4.80. The largest absolute Gasteiger partial charge is 0.522 e. The molecule has 1 heterocycles. The van der Waals surface area contributed by atoms with Crippen molar-refractivity contribution in [2.75, 3.05) is 37.4 Å². The fourth-order valence-electron chi connectivity index (χ4n) is 1.84. The Hall–Kier alpha value is -1.88. The van der Waals surface area contributed by atoms with Crippen molar-refractivity contribution in [2.45, 2.75) is 6.36 Å². The van der Waals surface area contributed by atoms with E-state index in [0.29, 0.717) is 10.6 Å². The molecule has 0 aliphatic heterocycles. The number of aromatic nitrogens is 3. The first-order valence-corrected chi connectivity index (χ1v) is 8.00. The second-order valence-corrected chi connectivity index (χ2v) is 5.59. The Labute approximate surface area is 156 Å². The number of nitrogen functional groups attached to an aromatic ring is 1. The summed E-state index contributed by atoms with van der Waals surface area (Å²) in [6.07, 6.45) is -4.66. The summed E-state index contributed by atoms with van der Waals surface area (Å²) in [6, 6.07) is 5.00. The molecule has 0 spiro atoms. The van der Waals surface area contributed by atoms with E-state index in [-0.39, 0.29) is 42.2 Å². The monoisotopic (exact) mass is 411 g/mol. The fourth-order valence-corrected chi connectivity index (χ4v) is 2.23. The number of alkyl halides is 3. The van der Waals surface area contributed by atoms with Gasteiger partial charge in [0.1, 0.15) is 5.69 Å². The maximum Gasteiger partial charge on any atom is 0.522 e. The van der Waals surface area contributed by atoms with Crippen LogP contribution in [0.25, 0.3) is 11.3 Å². The summed E-state index contributed by atoms with van der Waals surface area (Å²) in [5, 5.41) is 11.3. The number of nitrogens with two attached hydrogens (primary N) is 1. The number of hydrogen-bond acceptors (Lipinski definition) is 7. The number of nitrogens with one attached hydrogen (secondary N) is 1. The normalized spacial score (nSPS) is 11.6. The average molecular weight is 412 g/mol. The van der Waals surface area contributed by atoms with Crippen LogP contribution in [-0.4, -0.2) is 47.9 Å². The van der Waals surface area contributed by atoms with Crippen LogP contribution >= 0.6 is 23.2 Å². The van der Waals surface area contributed by atoms with Gasteiger partial charge in [0.25, 0.3) is 0 Å². The van der Waals surface area contributed by atoms with Gasteiger partial charge in [-0.25, -0.2) is 0 Å². The minimum Gasteiger partial charge on any atom is -0.382 e.